The van der Waals surface area contributed by atoms with Gasteiger partial charge in [0.1, 0.15) is 18.7 Å². The summed E-state index contributed by atoms with van der Waals surface area (Å²) < 4.78 is 7.26. The van der Waals surface area contributed by atoms with Gasteiger partial charge in [-0.2, -0.15) is 5.10 Å². The molecule has 18 heavy (non-hydrogen) atoms. The summed E-state index contributed by atoms with van der Waals surface area (Å²) >= 11 is 6.13. The highest BCUT2D eigenvalue weighted by Gasteiger charge is 2.07. The average molecular weight is 267 g/mol. The van der Waals surface area contributed by atoms with Crippen LogP contribution in [0.1, 0.15) is 24.4 Å². The van der Waals surface area contributed by atoms with E-state index in [9.17, 15) is 0 Å². The van der Waals surface area contributed by atoms with Gasteiger partial charge in [0.15, 0.2) is 5.82 Å². The molecule has 1 atom stereocenters. The number of benzene rings is 1. The summed E-state index contributed by atoms with van der Waals surface area (Å²) in [6.07, 6.45) is 1.49. The Morgan fingerprint density at radius 3 is 2.83 bits per heavy atom. The molecule has 0 amide bonds. The number of nitrogens with zero attached hydrogens (tertiary/aromatic N) is 3. The lowest BCUT2D eigenvalue weighted by Gasteiger charge is -2.10. The van der Waals surface area contributed by atoms with Crippen molar-refractivity contribution in [1.29, 1.82) is 0 Å². The summed E-state index contributed by atoms with van der Waals surface area (Å²) in [5, 5.41) is 4.51. The van der Waals surface area contributed by atoms with E-state index in [1.54, 1.807) is 4.68 Å². The number of halogens is 1. The van der Waals surface area contributed by atoms with Crippen molar-refractivity contribution in [2.24, 2.45) is 12.8 Å². The van der Waals surface area contributed by atoms with Gasteiger partial charge in [-0.3, -0.25) is 4.68 Å². The number of aromatic nitrogens is 3. The van der Waals surface area contributed by atoms with Crippen molar-refractivity contribution in [3.05, 3.63) is 40.9 Å². The minimum atomic E-state index is -0.0460. The Bertz CT molecular complexity index is 539. The highest BCUT2D eigenvalue weighted by atomic mass is 35.5. The molecule has 0 fully saturated rings. The number of ether oxygens (including phenoxy) is 1. The zero-order chi connectivity index (χ0) is 13.1. The molecule has 1 aromatic carbocycles. The molecule has 96 valence electrons. The number of hydrogen-bond donors (Lipinski definition) is 1. The Balaban J connectivity index is 2.08. The Labute approximate surface area is 111 Å². The van der Waals surface area contributed by atoms with Gasteiger partial charge >= 0.3 is 0 Å². The van der Waals surface area contributed by atoms with E-state index >= 15 is 0 Å². The molecule has 0 bridgehead atoms. The molecule has 2 N–H and O–H groups in total. The maximum absolute atomic E-state index is 6.13. The third kappa shape index (κ3) is 2.80. The molecule has 0 aliphatic carbocycles. The van der Waals surface area contributed by atoms with Crippen LogP contribution in [0.25, 0.3) is 0 Å². The Morgan fingerprint density at radius 2 is 2.28 bits per heavy atom. The number of hydrogen-bond acceptors (Lipinski definition) is 4. The molecule has 0 radical (unpaired) electrons. The van der Waals surface area contributed by atoms with Gasteiger partial charge in [-0.05, 0) is 24.6 Å². The van der Waals surface area contributed by atoms with Crippen molar-refractivity contribution in [3.63, 3.8) is 0 Å². The molecule has 0 aliphatic rings. The molecule has 2 rings (SSSR count). The Hall–Kier alpha value is -1.59. The standard InChI is InChI=1S/C12H15ClN4O/c1-8(14)9-3-4-11(10(13)5-9)18-6-12-15-7-16-17(12)2/h3-5,7-8H,6,14H2,1-2H3/t8-/m1/s1. The number of nitrogens with two attached hydrogens (primary N) is 1. The van der Waals surface area contributed by atoms with Crippen molar-refractivity contribution < 1.29 is 4.74 Å². The summed E-state index contributed by atoms with van der Waals surface area (Å²) in [7, 11) is 1.81. The van der Waals surface area contributed by atoms with Gasteiger partial charge in [-0.25, -0.2) is 4.98 Å². The summed E-state index contributed by atoms with van der Waals surface area (Å²) in [5.74, 6) is 1.35. The molecule has 6 heteroatoms. The quantitative estimate of drug-likeness (QED) is 0.920. The van der Waals surface area contributed by atoms with Gasteiger partial charge in [0, 0.05) is 13.1 Å². The third-order valence-corrected chi connectivity index (χ3v) is 2.94. The van der Waals surface area contributed by atoms with Crippen LogP contribution in [0.15, 0.2) is 24.5 Å². The molecular weight excluding hydrogens is 252 g/mol. The fraction of sp³-hybridized carbons (Fsp3) is 0.333. The lowest BCUT2D eigenvalue weighted by Crippen LogP contribution is -2.06. The predicted molar refractivity (Wildman–Crippen MR) is 69.4 cm³/mol. The molecule has 0 unspecified atom stereocenters. The fourth-order valence-electron chi connectivity index (χ4n) is 1.51. The molecule has 5 nitrogen and oxygen atoms in total. The van der Waals surface area contributed by atoms with E-state index in [-0.39, 0.29) is 6.04 Å². The van der Waals surface area contributed by atoms with Gasteiger partial charge < -0.3 is 10.5 Å². The minimum Gasteiger partial charge on any atom is -0.484 e. The van der Waals surface area contributed by atoms with E-state index in [0.717, 1.165) is 11.4 Å². The van der Waals surface area contributed by atoms with Crippen molar-refractivity contribution in [1.82, 2.24) is 14.8 Å². The van der Waals surface area contributed by atoms with Crippen molar-refractivity contribution in [3.8, 4) is 5.75 Å². The number of rotatable bonds is 4. The predicted octanol–water partition coefficient (Wildman–Crippen LogP) is 2.07. The maximum atomic E-state index is 6.13. The van der Waals surface area contributed by atoms with E-state index in [2.05, 4.69) is 10.1 Å². The van der Waals surface area contributed by atoms with E-state index in [4.69, 9.17) is 22.1 Å². The second kappa shape index (κ2) is 5.37. The second-order valence-electron chi connectivity index (χ2n) is 4.07. The second-order valence-corrected chi connectivity index (χ2v) is 4.47. The average Bonchev–Trinajstić information content (AvgIpc) is 2.73. The molecule has 0 saturated heterocycles. The van der Waals surface area contributed by atoms with Crippen molar-refractivity contribution >= 4 is 11.6 Å². The number of aryl methyl sites for hydroxylation is 1. The Morgan fingerprint density at radius 1 is 1.50 bits per heavy atom. The van der Waals surface area contributed by atoms with Crippen LogP contribution >= 0.6 is 11.6 Å². The highest BCUT2D eigenvalue weighted by molar-refractivity contribution is 6.32. The summed E-state index contributed by atoms with van der Waals surface area (Å²) in [6, 6.07) is 5.49. The first-order valence-electron chi connectivity index (χ1n) is 5.58. The van der Waals surface area contributed by atoms with Gasteiger partial charge in [0.2, 0.25) is 0 Å². The third-order valence-electron chi connectivity index (χ3n) is 2.64. The highest BCUT2D eigenvalue weighted by Crippen LogP contribution is 2.27. The molecule has 0 saturated carbocycles. The first-order chi connectivity index (χ1) is 8.58. The Kier molecular flexibility index (Phi) is 3.84. The molecular formula is C12H15ClN4O. The summed E-state index contributed by atoms with van der Waals surface area (Å²) in [6.45, 7) is 2.24. The van der Waals surface area contributed by atoms with Crippen LogP contribution in [0, 0.1) is 0 Å². The van der Waals surface area contributed by atoms with Crippen molar-refractivity contribution in [2.75, 3.05) is 0 Å². The largest absolute Gasteiger partial charge is 0.484 e. The lowest BCUT2D eigenvalue weighted by molar-refractivity contribution is 0.290. The van der Waals surface area contributed by atoms with Crippen molar-refractivity contribution in [2.45, 2.75) is 19.6 Å². The van der Waals surface area contributed by atoms with Crippen LogP contribution in [0.2, 0.25) is 5.02 Å². The maximum Gasteiger partial charge on any atom is 0.164 e. The fourth-order valence-corrected chi connectivity index (χ4v) is 1.75. The van der Waals surface area contributed by atoms with Gasteiger partial charge in [-0.15, -0.1) is 0 Å². The molecule has 1 aromatic heterocycles. The van der Waals surface area contributed by atoms with E-state index in [1.807, 2.05) is 32.2 Å². The normalized spacial score (nSPS) is 12.4. The van der Waals surface area contributed by atoms with Crippen LogP contribution in [-0.2, 0) is 13.7 Å². The van der Waals surface area contributed by atoms with Gasteiger partial charge in [0.05, 0.1) is 5.02 Å². The van der Waals surface area contributed by atoms with E-state index in [0.29, 0.717) is 17.4 Å². The first-order valence-corrected chi connectivity index (χ1v) is 5.96. The van der Waals surface area contributed by atoms with Crippen LogP contribution < -0.4 is 10.5 Å². The lowest BCUT2D eigenvalue weighted by atomic mass is 10.1. The monoisotopic (exact) mass is 266 g/mol. The molecule has 0 spiro atoms. The topological polar surface area (TPSA) is 66.0 Å². The van der Waals surface area contributed by atoms with Gasteiger partial charge in [0.25, 0.3) is 0 Å². The zero-order valence-electron chi connectivity index (χ0n) is 10.3. The molecule has 0 aliphatic heterocycles. The molecule has 2 aromatic rings. The minimum absolute atomic E-state index is 0.0460. The van der Waals surface area contributed by atoms with Crippen LogP contribution in [0.5, 0.6) is 5.75 Å². The van der Waals surface area contributed by atoms with Crippen LogP contribution in [-0.4, -0.2) is 14.8 Å². The van der Waals surface area contributed by atoms with Crippen LogP contribution in [0.4, 0.5) is 0 Å². The van der Waals surface area contributed by atoms with Gasteiger partial charge in [-0.1, -0.05) is 17.7 Å². The molecule has 1 heterocycles. The smallest absolute Gasteiger partial charge is 0.164 e. The first kappa shape index (κ1) is 12.9. The zero-order valence-corrected chi connectivity index (χ0v) is 11.1. The summed E-state index contributed by atoms with van der Waals surface area (Å²) in [4.78, 5) is 4.07. The van der Waals surface area contributed by atoms with Crippen LogP contribution in [0.3, 0.4) is 0 Å². The van der Waals surface area contributed by atoms with E-state index < -0.39 is 0 Å². The SMILES string of the molecule is C[C@@H](N)c1ccc(OCc2ncnn2C)c(Cl)c1. The summed E-state index contributed by atoms with van der Waals surface area (Å²) in [5.41, 5.74) is 6.76. The van der Waals surface area contributed by atoms with E-state index in [1.165, 1.54) is 6.33 Å².